The zero-order chi connectivity index (χ0) is 38.2. The predicted octanol–water partition coefficient (Wildman–Crippen LogP) is 6.02. The van der Waals surface area contributed by atoms with Crippen LogP contribution in [0.3, 0.4) is 0 Å². The van der Waals surface area contributed by atoms with Crippen LogP contribution in [0.5, 0.6) is 0 Å². The van der Waals surface area contributed by atoms with Gasteiger partial charge in [0, 0.05) is 48.8 Å². The number of hydrogen-bond acceptors (Lipinski definition) is 8. The van der Waals surface area contributed by atoms with Gasteiger partial charge in [-0.1, -0.05) is 12.1 Å². The van der Waals surface area contributed by atoms with E-state index in [0.717, 1.165) is 48.0 Å². The van der Waals surface area contributed by atoms with Gasteiger partial charge in [-0.15, -0.1) is 0 Å². The second-order valence-corrected chi connectivity index (χ2v) is 15.0. The number of benzene rings is 2. The van der Waals surface area contributed by atoms with Crippen LogP contribution in [0.15, 0.2) is 79.4 Å². The van der Waals surface area contributed by atoms with Crippen molar-refractivity contribution in [2.24, 2.45) is 0 Å². The molecule has 0 unspecified atom stereocenters. The van der Waals surface area contributed by atoms with Crippen molar-refractivity contribution in [2.45, 2.75) is 69.9 Å². The quantitative estimate of drug-likeness (QED) is 0.188. The van der Waals surface area contributed by atoms with Gasteiger partial charge in [-0.2, -0.15) is 0 Å². The Morgan fingerprint density at radius 3 is 2.13 bits per heavy atom. The number of carbonyl (C=O) groups is 4. The molecule has 4 amide bonds. The maximum absolute atomic E-state index is 13.8. The predicted molar refractivity (Wildman–Crippen MR) is 201 cm³/mol. The largest absolute Gasteiger partial charge is 0.378 e. The number of pyridine rings is 2. The summed E-state index contributed by atoms with van der Waals surface area (Å²) in [6.07, 6.45) is 8.91. The fourth-order valence-corrected chi connectivity index (χ4v) is 6.91. The van der Waals surface area contributed by atoms with Gasteiger partial charge in [-0.25, -0.2) is 4.39 Å². The van der Waals surface area contributed by atoms with E-state index in [1.807, 2.05) is 56.9 Å². The van der Waals surface area contributed by atoms with E-state index >= 15 is 0 Å². The Balaban J connectivity index is 0.000000168. The van der Waals surface area contributed by atoms with E-state index in [4.69, 9.17) is 9.47 Å². The Kier molecular flexibility index (Phi) is 10.0. The lowest BCUT2D eigenvalue weighted by atomic mass is 9.86. The number of fused-ring (bicyclic) bond motifs is 2. The maximum atomic E-state index is 13.8. The van der Waals surface area contributed by atoms with Gasteiger partial charge < -0.3 is 29.9 Å². The summed E-state index contributed by atoms with van der Waals surface area (Å²) in [4.78, 5) is 61.8. The molecule has 1 saturated heterocycles. The molecule has 2 aromatic heterocycles. The highest BCUT2D eigenvalue weighted by atomic mass is 19.1. The number of nitrogens with one attached hydrogen (secondary N) is 2. The zero-order valence-corrected chi connectivity index (χ0v) is 30.7. The molecule has 0 atom stereocenters. The highest BCUT2D eigenvalue weighted by molar-refractivity contribution is 6.11. The van der Waals surface area contributed by atoms with Crippen LogP contribution in [0, 0.1) is 5.82 Å². The van der Waals surface area contributed by atoms with Crippen molar-refractivity contribution >= 4 is 46.4 Å². The summed E-state index contributed by atoms with van der Waals surface area (Å²) in [5.74, 6) is -1.36. The maximum Gasteiger partial charge on any atom is 0.258 e. The van der Waals surface area contributed by atoms with Crippen LogP contribution in [0.2, 0.25) is 0 Å². The molecule has 0 radical (unpaired) electrons. The molecule has 13 heteroatoms. The second kappa shape index (κ2) is 14.7. The highest BCUT2D eigenvalue weighted by Crippen LogP contribution is 2.45. The van der Waals surface area contributed by atoms with E-state index in [1.54, 1.807) is 35.4 Å². The van der Waals surface area contributed by atoms with Crippen molar-refractivity contribution in [3.63, 3.8) is 0 Å². The van der Waals surface area contributed by atoms with Crippen molar-refractivity contribution in [2.75, 3.05) is 46.8 Å². The summed E-state index contributed by atoms with van der Waals surface area (Å²) in [5, 5.41) is 5.59. The number of hydrogen-bond donors (Lipinski definition) is 2. The van der Waals surface area contributed by atoms with Gasteiger partial charge in [-0.3, -0.25) is 29.1 Å². The number of amides is 4. The molecule has 0 spiro atoms. The fourth-order valence-electron chi connectivity index (χ4n) is 6.91. The first-order chi connectivity index (χ1) is 25.9. The molecule has 8 rings (SSSR count). The van der Waals surface area contributed by atoms with Gasteiger partial charge in [0.05, 0.1) is 59.2 Å². The number of carbonyl (C=O) groups excluding carboxylic acids is 4. The molecule has 12 nitrogen and oxygen atoms in total. The molecule has 2 N–H and O–H groups in total. The molecule has 54 heavy (non-hydrogen) atoms. The van der Waals surface area contributed by atoms with Gasteiger partial charge in [0.15, 0.2) is 5.82 Å². The number of rotatable bonds is 10. The molecule has 2 aromatic carbocycles. The molecule has 1 saturated carbocycles. The monoisotopic (exact) mass is 734 g/mol. The third-order valence-electron chi connectivity index (χ3n) is 10.3. The molecule has 4 aliphatic rings. The van der Waals surface area contributed by atoms with Crippen LogP contribution < -0.4 is 20.4 Å². The molecule has 0 bridgehead atoms. The minimum absolute atomic E-state index is 0.0302. The molecule has 5 heterocycles. The summed E-state index contributed by atoms with van der Waals surface area (Å²) in [6.45, 7) is 9.95. The second-order valence-electron chi connectivity index (χ2n) is 15.0. The summed E-state index contributed by atoms with van der Waals surface area (Å²) in [7, 11) is 0. The first-order valence-electron chi connectivity index (χ1n) is 18.1. The van der Waals surface area contributed by atoms with E-state index < -0.39 is 22.6 Å². The SMILES string of the molecule is CC1(C)C(=O)N(C2COC2)c2cc(NC(=O)c3cccnc3)ccc21.CC1(C)C(=O)N(CCCOC2CC2)c2cc(NC(=O)c3ccncc3F)ccc21. The van der Waals surface area contributed by atoms with Gasteiger partial charge in [0.25, 0.3) is 11.8 Å². The third-order valence-corrected chi connectivity index (χ3v) is 10.3. The van der Waals surface area contributed by atoms with Gasteiger partial charge in [0.2, 0.25) is 11.8 Å². The first-order valence-corrected chi connectivity index (χ1v) is 18.1. The van der Waals surface area contributed by atoms with Crippen LogP contribution in [-0.2, 0) is 29.9 Å². The van der Waals surface area contributed by atoms with E-state index in [-0.39, 0.29) is 29.3 Å². The zero-order valence-electron chi connectivity index (χ0n) is 30.7. The minimum atomic E-state index is -0.681. The van der Waals surface area contributed by atoms with Crippen molar-refractivity contribution < 1.29 is 33.0 Å². The Morgan fingerprint density at radius 1 is 0.852 bits per heavy atom. The van der Waals surface area contributed by atoms with E-state index in [0.29, 0.717) is 49.4 Å². The Labute approximate surface area is 313 Å². The van der Waals surface area contributed by atoms with E-state index in [2.05, 4.69) is 20.6 Å². The molecule has 2 fully saturated rings. The topological polar surface area (TPSA) is 143 Å². The number of anilines is 4. The molecule has 280 valence electrons. The van der Waals surface area contributed by atoms with Crippen LogP contribution in [-0.4, -0.2) is 72.1 Å². The van der Waals surface area contributed by atoms with Crippen LogP contribution in [0.1, 0.15) is 78.8 Å². The Bertz CT molecular complexity index is 2100. The number of ether oxygens (including phenoxy) is 2. The van der Waals surface area contributed by atoms with Crippen molar-refractivity contribution in [3.05, 3.63) is 107 Å². The van der Waals surface area contributed by atoms with Gasteiger partial charge in [0.1, 0.15) is 0 Å². The summed E-state index contributed by atoms with van der Waals surface area (Å²) in [5.41, 5.74) is 3.89. The van der Waals surface area contributed by atoms with Crippen molar-refractivity contribution in [1.29, 1.82) is 0 Å². The first kappa shape index (κ1) is 36.8. The molecular formula is C41H43FN6O6. The van der Waals surface area contributed by atoms with Crippen LogP contribution >= 0.6 is 0 Å². The van der Waals surface area contributed by atoms with Gasteiger partial charge >= 0.3 is 0 Å². The smallest absolute Gasteiger partial charge is 0.258 e. The Morgan fingerprint density at radius 2 is 1.50 bits per heavy atom. The number of halogens is 1. The normalized spacial score (nSPS) is 17.9. The lowest BCUT2D eigenvalue weighted by Gasteiger charge is -2.35. The lowest BCUT2D eigenvalue weighted by molar-refractivity contribution is -0.124. The highest BCUT2D eigenvalue weighted by Gasteiger charge is 2.48. The van der Waals surface area contributed by atoms with E-state index in [1.165, 1.54) is 18.5 Å². The van der Waals surface area contributed by atoms with Crippen molar-refractivity contribution in [3.8, 4) is 0 Å². The van der Waals surface area contributed by atoms with Crippen LogP contribution in [0.4, 0.5) is 27.1 Å². The molecule has 1 aliphatic carbocycles. The molecular weight excluding hydrogens is 691 g/mol. The number of aromatic nitrogens is 2. The Hall–Kier alpha value is -5.53. The average molecular weight is 735 g/mol. The lowest BCUT2D eigenvalue weighted by Crippen LogP contribution is -2.52. The summed E-state index contributed by atoms with van der Waals surface area (Å²) in [6, 6.07) is 15.8. The van der Waals surface area contributed by atoms with E-state index in [9.17, 15) is 23.6 Å². The standard InChI is InChI=1S/C22H24FN3O3.C19H19N3O3/c1-22(2)17-7-4-14(25-20(27)16-8-9-24-13-18(16)23)12-19(17)26(21(22)28)10-3-11-29-15-5-6-15;1-19(2)15-6-5-13(21-17(23)12-4-3-7-20-9-12)8-16(15)22(18(19)24)14-10-25-11-14/h4,7-9,12-13,15H,3,5-6,10-11H2,1-2H3,(H,25,27);3-9,14H,10-11H2,1-2H3,(H,21,23). The number of nitrogens with zero attached hydrogens (tertiary/aromatic N) is 4. The third kappa shape index (κ3) is 7.21. The van der Waals surface area contributed by atoms with Crippen LogP contribution in [0.25, 0.3) is 0 Å². The minimum Gasteiger partial charge on any atom is -0.378 e. The molecule has 3 aliphatic heterocycles. The molecule has 4 aromatic rings. The average Bonchev–Trinajstić information content (AvgIpc) is 3.92. The van der Waals surface area contributed by atoms with Crippen molar-refractivity contribution in [1.82, 2.24) is 9.97 Å². The van der Waals surface area contributed by atoms with Gasteiger partial charge in [-0.05, 0) is 101 Å². The summed E-state index contributed by atoms with van der Waals surface area (Å²) < 4.78 is 24.8. The summed E-state index contributed by atoms with van der Waals surface area (Å²) >= 11 is 0. The fraction of sp³-hybridized carbons (Fsp3) is 0.366.